The summed E-state index contributed by atoms with van der Waals surface area (Å²) in [6, 6.07) is 42.3. The summed E-state index contributed by atoms with van der Waals surface area (Å²) in [5, 5.41) is 3.73. The van der Waals surface area contributed by atoms with E-state index in [4.69, 9.17) is 9.40 Å². The van der Waals surface area contributed by atoms with Crippen molar-refractivity contribution < 1.29 is 24.5 Å². The van der Waals surface area contributed by atoms with Crippen molar-refractivity contribution in [3.63, 3.8) is 0 Å². The molecule has 8 rings (SSSR count). The number of nitrogens with zero attached hydrogens (tertiary/aromatic N) is 2. The maximum atomic E-state index is 6.54. The first-order valence-corrected chi connectivity index (χ1v) is 22.1. The molecule has 0 bridgehead atoms. The summed E-state index contributed by atoms with van der Waals surface area (Å²) >= 11 is 0. The molecule has 0 unspecified atom stereocenters. The molecule has 0 spiro atoms. The summed E-state index contributed by atoms with van der Waals surface area (Å²) in [4.78, 5) is 9.37. The molecule has 1 fully saturated rings. The molecule has 0 N–H and O–H groups in total. The van der Waals surface area contributed by atoms with Crippen molar-refractivity contribution >= 4 is 35.2 Å². The Morgan fingerprint density at radius 1 is 0.750 bits per heavy atom. The van der Waals surface area contributed by atoms with Crippen LogP contribution in [0.2, 0.25) is 19.6 Å². The number of benzene rings is 4. The van der Waals surface area contributed by atoms with Gasteiger partial charge in [0.2, 0.25) is 0 Å². The van der Waals surface area contributed by atoms with Gasteiger partial charge in [-0.05, 0) is 46.5 Å². The van der Waals surface area contributed by atoms with Gasteiger partial charge < -0.3 is 14.4 Å². The molecular weight excluding hydrogens is 829 g/mol. The zero-order valence-electron chi connectivity index (χ0n) is 31.0. The second-order valence-electron chi connectivity index (χ2n) is 15.3. The minimum absolute atomic E-state index is 0. The zero-order chi connectivity index (χ0) is 35.4. The average molecular weight is 877 g/mol. The molecule has 0 atom stereocenters. The van der Waals surface area contributed by atoms with Crippen LogP contribution in [0.3, 0.4) is 0 Å². The molecule has 1 saturated carbocycles. The van der Waals surface area contributed by atoms with Crippen LogP contribution in [0.15, 0.2) is 120 Å². The monoisotopic (exact) mass is 877 g/mol. The van der Waals surface area contributed by atoms with Crippen molar-refractivity contribution in [2.24, 2.45) is 5.92 Å². The van der Waals surface area contributed by atoms with E-state index in [1.165, 1.54) is 48.4 Å². The van der Waals surface area contributed by atoms with E-state index in [9.17, 15) is 0 Å². The van der Waals surface area contributed by atoms with Gasteiger partial charge in [0.15, 0.2) is 0 Å². The summed E-state index contributed by atoms with van der Waals surface area (Å²) in [6.07, 6.45) is 12.0. The van der Waals surface area contributed by atoms with Crippen LogP contribution in [-0.4, -0.2) is 18.0 Å². The van der Waals surface area contributed by atoms with Crippen LogP contribution in [0.5, 0.6) is 0 Å². The smallest absolute Gasteiger partial charge is 0.128 e. The number of pyridine rings is 2. The topological polar surface area (TPSA) is 38.9 Å². The molecule has 0 aliphatic heterocycles. The van der Waals surface area contributed by atoms with Crippen LogP contribution in [0.4, 0.5) is 0 Å². The van der Waals surface area contributed by atoms with E-state index in [0.717, 1.165) is 67.9 Å². The van der Waals surface area contributed by atoms with Crippen LogP contribution in [0.1, 0.15) is 63.0 Å². The molecule has 7 aromatic rings. The Morgan fingerprint density at radius 2 is 1.52 bits per heavy atom. The standard InChI is InChI=1S/C30H26NO.C17H22NSi.Ir/c1-3-9-21(10-4-1)19-22-17-18-31-28(20-22)27-16-8-15-26-25-14-7-13-24(29(25)32-30(26)27)23-11-5-2-6-12-23;1-13(2)15-11-16(14-9-7-6-8-10-14)18-12-17(15)19(3,4)5;/h2,5-8,11-15,17-18,20-21H,1,3-4,9-10,19H2;6-9,11-13H,1-5H3;/q2*-1;. The van der Waals surface area contributed by atoms with Gasteiger partial charge in [-0.15, -0.1) is 54.1 Å². The average Bonchev–Trinajstić information content (AvgIpc) is 3.55. The van der Waals surface area contributed by atoms with Crippen molar-refractivity contribution in [2.45, 2.75) is 77.9 Å². The first-order valence-electron chi connectivity index (χ1n) is 18.6. The van der Waals surface area contributed by atoms with Gasteiger partial charge in [-0.2, -0.15) is 0 Å². The summed E-state index contributed by atoms with van der Waals surface area (Å²) in [5.41, 5.74) is 10.9. The number of para-hydroxylation sites is 1. The second-order valence-corrected chi connectivity index (χ2v) is 20.4. The number of fused-ring (bicyclic) bond motifs is 3. The maximum absolute atomic E-state index is 6.54. The molecule has 4 aromatic carbocycles. The fourth-order valence-electron chi connectivity index (χ4n) is 7.54. The molecule has 1 aliphatic rings. The van der Waals surface area contributed by atoms with E-state index in [-0.39, 0.29) is 20.1 Å². The minimum Gasteiger partial charge on any atom is -0.500 e. The predicted molar refractivity (Wildman–Crippen MR) is 217 cm³/mol. The number of furan rings is 1. The van der Waals surface area contributed by atoms with E-state index in [0.29, 0.717) is 5.92 Å². The van der Waals surface area contributed by atoms with Gasteiger partial charge in [0.05, 0.1) is 13.7 Å². The number of hydrogen-bond acceptors (Lipinski definition) is 3. The third kappa shape index (κ3) is 8.39. The van der Waals surface area contributed by atoms with Crippen LogP contribution in [0.25, 0.3) is 55.6 Å². The van der Waals surface area contributed by atoms with Gasteiger partial charge in [-0.25, -0.2) is 0 Å². The first-order chi connectivity index (χ1) is 24.8. The Hall–Kier alpha value is -4.15. The molecule has 0 amide bonds. The van der Waals surface area contributed by atoms with E-state index in [1.807, 2.05) is 36.5 Å². The van der Waals surface area contributed by atoms with Crippen LogP contribution >= 0.6 is 0 Å². The number of hydrogen-bond donors (Lipinski definition) is 0. The summed E-state index contributed by atoms with van der Waals surface area (Å²) in [6.45, 7) is 11.7. The van der Waals surface area contributed by atoms with Gasteiger partial charge in [0.1, 0.15) is 5.58 Å². The quantitative estimate of drug-likeness (QED) is 0.118. The maximum Gasteiger partial charge on any atom is 0.128 e. The van der Waals surface area contributed by atoms with E-state index in [2.05, 4.69) is 130 Å². The normalized spacial score (nSPS) is 13.5. The molecule has 3 nitrogen and oxygen atoms in total. The van der Waals surface area contributed by atoms with Crippen LogP contribution < -0.4 is 5.19 Å². The molecule has 1 radical (unpaired) electrons. The molecule has 3 aromatic heterocycles. The van der Waals surface area contributed by atoms with E-state index in [1.54, 1.807) is 0 Å². The summed E-state index contributed by atoms with van der Waals surface area (Å²) in [7, 11) is -1.34. The molecule has 267 valence electrons. The number of aromatic nitrogens is 2. The third-order valence-electron chi connectivity index (χ3n) is 10.2. The van der Waals surface area contributed by atoms with Crippen molar-refractivity contribution in [3.05, 3.63) is 139 Å². The molecule has 0 saturated heterocycles. The molecular formula is C47H48IrN2OSi-2. The van der Waals surface area contributed by atoms with Gasteiger partial charge in [0, 0.05) is 43.4 Å². The summed E-state index contributed by atoms with van der Waals surface area (Å²) in [5.74, 6) is 1.34. The number of rotatable bonds is 7. The Morgan fingerprint density at radius 3 is 2.25 bits per heavy atom. The van der Waals surface area contributed by atoms with Gasteiger partial charge >= 0.3 is 0 Å². The SMILES string of the molecule is CC(C)c1cc(-c2[c-]cccc2)ncc1[Si](C)(C)C.[Ir].[c-]1ccc2c(oc3c(-c4ccccc4)cccc32)c1-c1cc(CC2CCCCC2)ccn1. The molecule has 1 aliphatic carbocycles. The Labute approximate surface area is 324 Å². The fraction of sp³-hybridized carbons (Fsp3) is 0.277. The second kappa shape index (κ2) is 16.7. The fourth-order valence-corrected chi connectivity index (χ4v) is 9.22. The van der Waals surface area contributed by atoms with Crippen molar-refractivity contribution in [3.8, 4) is 33.6 Å². The van der Waals surface area contributed by atoms with Gasteiger partial charge in [-0.3, -0.25) is 0 Å². The van der Waals surface area contributed by atoms with Crippen molar-refractivity contribution in [1.82, 2.24) is 9.97 Å². The molecule has 5 heteroatoms. The largest absolute Gasteiger partial charge is 0.500 e. The Balaban J connectivity index is 0.000000200. The van der Waals surface area contributed by atoms with Crippen LogP contribution in [-0.2, 0) is 26.5 Å². The van der Waals surface area contributed by atoms with Gasteiger partial charge in [-0.1, -0.05) is 148 Å². The van der Waals surface area contributed by atoms with E-state index < -0.39 is 8.07 Å². The van der Waals surface area contributed by atoms with Gasteiger partial charge in [0.25, 0.3) is 0 Å². The zero-order valence-corrected chi connectivity index (χ0v) is 34.4. The third-order valence-corrected chi connectivity index (χ3v) is 12.3. The first kappa shape index (κ1) is 37.6. The van der Waals surface area contributed by atoms with E-state index >= 15 is 0 Å². The molecule has 3 heterocycles. The van der Waals surface area contributed by atoms with Crippen molar-refractivity contribution in [1.29, 1.82) is 0 Å². The predicted octanol–water partition coefficient (Wildman–Crippen LogP) is 12.5. The minimum atomic E-state index is -1.34. The van der Waals surface area contributed by atoms with Crippen LogP contribution in [0, 0.1) is 18.1 Å². The Kier molecular flexibility index (Phi) is 12.1. The Bertz CT molecular complexity index is 2230. The van der Waals surface area contributed by atoms with Crippen molar-refractivity contribution in [2.75, 3.05) is 0 Å². The summed E-state index contributed by atoms with van der Waals surface area (Å²) < 4.78 is 6.54. The molecule has 52 heavy (non-hydrogen) atoms.